The molecule has 3 aromatic rings. The van der Waals surface area contributed by atoms with Gasteiger partial charge in [-0.1, -0.05) is 30.0 Å². The molecule has 9 heteroatoms. The molecule has 1 aromatic heterocycles. The van der Waals surface area contributed by atoms with E-state index in [0.29, 0.717) is 23.1 Å². The van der Waals surface area contributed by atoms with Crippen molar-refractivity contribution >= 4 is 23.9 Å². The van der Waals surface area contributed by atoms with Crippen molar-refractivity contribution in [1.29, 1.82) is 0 Å². The molecule has 0 aliphatic carbocycles. The Morgan fingerprint density at radius 2 is 2.10 bits per heavy atom. The molecule has 0 radical (unpaired) electrons. The quantitative estimate of drug-likeness (QED) is 0.282. The molecular formula is C22H24N4O4S. The number of aromatic hydroxyl groups is 1. The number of carbonyl (C=O) groups is 1. The van der Waals surface area contributed by atoms with E-state index in [1.54, 1.807) is 31.4 Å². The van der Waals surface area contributed by atoms with Gasteiger partial charge in [0, 0.05) is 12.0 Å². The number of amides is 1. The number of nitrogens with one attached hydrogen (secondary N) is 1. The van der Waals surface area contributed by atoms with Crippen molar-refractivity contribution in [2.75, 3.05) is 12.9 Å². The summed E-state index contributed by atoms with van der Waals surface area (Å²) in [6, 6.07) is 12.8. The van der Waals surface area contributed by atoms with Crippen LogP contribution in [0, 0.1) is 6.92 Å². The SMILES string of the molecule is COc1ccc(CCCc2nnc(SCC(=O)N/N=C\c3ccccc3O)o2)c(C)c1. The maximum Gasteiger partial charge on any atom is 0.277 e. The van der Waals surface area contributed by atoms with E-state index in [1.807, 2.05) is 12.1 Å². The van der Waals surface area contributed by atoms with E-state index >= 15 is 0 Å². The highest BCUT2D eigenvalue weighted by Crippen LogP contribution is 2.20. The molecule has 3 rings (SSSR count). The standard InChI is InChI=1S/C22H24N4O4S/c1-15-12-18(29-2)11-10-16(15)7-5-9-21-25-26-22(30-21)31-14-20(28)24-23-13-17-6-3-4-8-19(17)27/h3-4,6,8,10-13,27H,5,7,9,14H2,1-2H3,(H,24,28)/b23-13-. The van der Waals surface area contributed by atoms with Crippen LogP contribution in [0.1, 0.15) is 29.0 Å². The fraction of sp³-hybridized carbons (Fsp3) is 0.273. The number of benzene rings is 2. The minimum atomic E-state index is -0.314. The third-order valence-electron chi connectivity index (χ3n) is 4.49. The molecule has 1 heterocycles. The molecule has 0 spiro atoms. The fourth-order valence-electron chi connectivity index (χ4n) is 2.83. The molecule has 0 unspecified atom stereocenters. The highest BCUT2D eigenvalue weighted by atomic mass is 32.2. The summed E-state index contributed by atoms with van der Waals surface area (Å²) in [7, 11) is 1.66. The van der Waals surface area contributed by atoms with Gasteiger partial charge in [-0.3, -0.25) is 4.79 Å². The number of phenolic OH excluding ortho intramolecular Hbond substituents is 1. The smallest absolute Gasteiger partial charge is 0.277 e. The van der Waals surface area contributed by atoms with Gasteiger partial charge in [0.25, 0.3) is 11.1 Å². The summed E-state index contributed by atoms with van der Waals surface area (Å²) in [4.78, 5) is 11.9. The van der Waals surface area contributed by atoms with Gasteiger partial charge in [-0.2, -0.15) is 5.10 Å². The largest absolute Gasteiger partial charge is 0.507 e. The third kappa shape index (κ3) is 6.85. The average Bonchev–Trinajstić information content (AvgIpc) is 3.22. The van der Waals surface area contributed by atoms with Gasteiger partial charge in [0.15, 0.2) is 0 Å². The number of carbonyl (C=O) groups excluding carboxylic acids is 1. The summed E-state index contributed by atoms with van der Waals surface area (Å²) in [5.74, 6) is 1.27. The summed E-state index contributed by atoms with van der Waals surface area (Å²) in [5, 5.41) is 21.8. The zero-order valence-corrected chi connectivity index (χ0v) is 18.2. The Kier molecular flexibility index (Phi) is 8.05. The maximum atomic E-state index is 11.9. The number of para-hydroxylation sites is 1. The molecule has 0 fully saturated rings. The first-order valence-electron chi connectivity index (χ1n) is 9.73. The average molecular weight is 441 g/mol. The summed E-state index contributed by atoms with van der Waals surface area (Å²) in [5.41, 5.74) is 5.37. The van der Waals surface area contributed by atoms with Crippen LogP contribution in [-0.2, 0) is 17.6 Å². The number of phenols is 1. The van der Waals surface area contributed by atoms with Crippen LogP contribution in [0.5, 0.6) is 11.5 Å². The summed E-state index contributed by atoms with van der Waals surface area (Å²) >= 11 is 1.15. The summed E-state index contributed by atoms with van der Waals surface area (Å²) in [6.07, 6.45) is 3.82. The minimum Gasteiger partial charge on any atom is -0.507 e. The molecular weight excluding hydrogens is 416 g/mol. The van der Waals surface area contributed by atoms with Crippen LogP contribution in [-0.4, -0.2) is 40.3 Å². The van der Waals surface area contributed by atoms with Crippen molar-refractivity contribution in [3.63, 3.8) is 0 Å². The minimum absolute atomic E-state index is 0.0881. The zero-order valence-electron chi connectivity index (χ0n) is 17.4. The van der Waals surface area contributed by atoms with Crippen LogP contribution in [0.15, 0.2) is 57.2 Å². The maximum absolute atomic E-state index is 11.9. The van der Waals surface area contributed by atoms with E-state index in [-0.39, 0.29) is 17.4 Å². The third-order valence-corrected chi connectivity index (χ3v) is 5.31. The van der Waals surface area contributed by atoms with Gasteiger partial charge in [0.2, 0.25) is 5.89 Å². The van der Waals surface area contributed by atoms with Gasteiger partial charge in [-0.15, -0.1) is 10.2 Å². The number of hydrogen-bond acceptors (Lipinski definition) is 8. The first-order valence-corrected chi connectivity index (χ1v) is 10.7. The second kappa shape index (κ2) is 11.2. The summed E-state index contributed by atoms with van der Waals surface area (Å²) in [6.45, 7) is 2.07. The molecule has 2 N–H and O–H groups in total. The summed E-state index contributed by atoms with van der Waals surface area (Å²) < 4.78 is 10.8. The Hall–Kier alpha value is -3.33. The normalized spacial score (nSPS) is 11.0. The first-order chi connectivity index (χ1) is 15.0. The van der Waals surface area contributed by atoms with Crippen LogP contribution in [0.4, 0.5) is 0 Å². The molecule has 31 heavy (non-hydrogen) atoms. The van der Waals surface area contributed by atoms with E-state index in [9.17, 15) is 9.90 Å². The molecule has 8 nitrogen and oxygen atoms in total. The molecule has 0 saturated heterocycles. The molecule has 1 amide bonds. The number of nitrogens with zero attached hydrogens (tertiary/aromatic N) is 3. The molecule has 0 aliphatic heterocycles. The molecule has 0 saturated carbocycles. The first kappa shape index (κ1) is 22.4. The lowest BCUT2D eigenvalue weighted by atomic mass is 10.0. The lowest BCUT2D eigenvalue weighted by Crippen LogP contribution is -2.19. The van der Waals surface area contributed by atoms with E-state index in [2.05, 4.69) is 33.7 Å². The van der Waals surface area contributed by atoms with Crippen LogP contribution < -0.4 is 10.2 Å². The number of aryl methyl sites for hydroxylation is 3. The van der Waals surface area contributed by atoms with E-state index in [4.69, 9.17) is 9.15 Å². The number of ether oxygens (including phenoxy) is 1. The van der Waals surface area contributed by atoms with Crippen molar-refractivity contribution in [2.24, 2.45) is 5.10 Å². The topological polar surface area (TPSA) is 110 Å². The zero-order chi connectivity index (χ0) is 22.1. The highest BCUT2D eigenvalue weighted by molar-refractivity contribution is 7.99. The lowest BCUT2D eigenvalue weighted by molar-refractivity contribution is -0.118. The Morgan fingerprint density at radius 1 is 1.26 bits per heavy atom. The van der Waals surface area contributed by atoms with Crippen LogP contribution >= 0.6 is 11.8 Å². The Morgan fingerprint density at radius 3 is 2.87 bits per heavy atom. The Bertz CT molecular complexity index is 1050. The number of rotatable bonds is 10. The van der Waals surface area contributed by atoms with Gasteiger partial charge in [-0.05, 0) is 55.2 Å². The van der Waals surface area contributed by atoms with Crippen molar-refractivity contribution in [3.05, 3.63) is 65.0 Å². The van der Waals surface area contributed by atoms with Crippen LogP contribution in [0.3, 0.4) is 0 Å². The second-order valence-corrected chi connectivity index (χ2v) is 7.67. The second-order valence-electron chi connectivity index (χ2n) is 6.75. The van der Waals surface area contributed by atoms with E-state index in [1.165, 1.54) is 17.3 Å². The number of aromatic nitrogens is 2. The monoisotopic (exact) mass is 440 g/mol. The molecule has 0 bridgehead atoms. The van der Waals surface area contributed by atoms with Gasteiger partial charge >= 0.3 is 0 Å². The van der Waals surface area contributed by atoms with Crippen molar-refractivity contribution in [2.45, 2.75) is 31.4 Å². The number of methoxy groups -OCH3 is 1. The van der Waals surface area contributed by atoms with Crippen LogP contribution in [0.2, 0.25) is 0 Å². The fourth-order valence-corrected chi connectivity index (χ4v) is 3.41. The predicted octanol–water partition coefficient (Wildman–Crippen LogP) is 3.51. The Balaban J connectivity index is 1.39. The van der Waals surface area contributed by atoms with Gasteiger partial charge in [-0.25, -0.2) is 5.43 Å². The van der Waals surface area contributed by atoms with Gasteiger partial charge in [0.1, 0.15) is 11.5 Å². The molecule has 162 valence electrons. The van der Waals surface area contributed by atoms with Crippen molar-refractivity contribution in [1.82, 2.24) is 15.6 Å². The lowest BCUT2D eigenvalue weighted by Gasteiger charge is -2.07. The highest BCUT2D eigenvalue weighted by Gasteiger charge is 2.10. The number of hydrogen-bond donors (Lipinski definition) is 2. The van der Waals surface area contributed by atoms with Gasteiger partial charge in [0.05, 0.1) is 19.1 Å². The predicted molar refractivity (Wildman–Crippen MR) is 119 cm³/mol. The molecule has 2 aromatic carbocycles. The van der Waals surface area contributed by atoms with Gasteiger partial charge < -0.3 is 14.3 Å². The number of hydrazone groups is 1. The number of thioether (sulfide) groups is 1. The van der Waals surface area contributed by atoms with Crippen molar-refractivity contribution in [3.8, 4) is 11.5 Å². The molecule has 0 aliphatic rings. The Labute approximate surface area is 184 Å². The van der Waals surface area contributed by atoms with E-state index < -0.39 is 0 Å². The van der Waals surface area contributed by atoms with E-state index in [0.717, 1.165) is 30.4 Å². The van der Waals surface area contributed by atoms with Crippen LogP contribution in [0.25, 0.3) is 0 Å². The molecule has 0 atom stereocenters. The van der Waals surface area contributed by atoms with Crippen molar-refractivity contribution < 1.29 is 19.1 Å².